The van der Waals surface area contributed by atoms with Crippen molar-refractivity contribution in [3.05, 3.63) is 94.0 Å². The van der Waals surface area contributed by atoms with E-state index in [1.165, 1.54) is 18.2 Å². The zero-order valence-corrected chi connectivity index (χ0v) is 19.5. The van der Waals surface area contributed by atoms with Gasteiger partial charge in [-0.3, -0.25) is 4.79 Å². The van der Waals surface area contributed by atoms with Crippen molar-refractivity contribution < 1.29 is 17.9 Å². The van der Waals surface area contributed by atoms with Crippen molar-refractivity contribution in [2.45, 2.75) is 24.4 Å². The van der Waals surface area contributed by atoms with Crippen LogP contribution in [0.2, 0.25) is 10.0 Å². The van der Waals surface area contributed by atoms with E-state index in [2.05, 4.69) is 10.0 Å². The molecule has 0 heterocycles. The normalized spacial score (nSPS) is 12.2. The first-order valence-electron chi connectivity index (χ1n) is 9.75. The highest BCUT2D eigenvalue weighted by atomic mass is 35.5. The first-order chi connectivity index (χ1) is 15.2. The van der Waals surface area contributed by atoms with Gasteiger partial charge in [-0.25, -0.2) is 13.1 Å². The van der Waals surface area contributed by atoms with Crippen molar-refractivity contribution in [3.8, 4) is 5.75 Å². The van der Waals surface area contributed by atoms with Gasteiger partial charge in [0.15, 0.2) is 6.61 Å². The zero-order valence-electron chi connectivity index (χ0n) is 17.2. The molecule has 32 heavy (non-hydrogen) atoms. The van der Waals surface area contributed by atoms with Gasteiger partial charge in [0.05, 0.1) is 9.92 Å². The van der Waals surface area contributed by atoms with Gasteiger partial charge in [0.1, 0.15) is 5.75 Å². The Bertz CT molecular complexity index is 1170. The number of amides is 1. The highest BCUT2D eigenvalue weighted by molar-refractivity contribution is 7.89. The lowest BCUT2D eigenvalue weighted by Crippen LogP contribution is -2.28. The van der Waals surface area contributed by atoms with Crippen LogP contribution in [-0.2, 0) is 21.4 Å². The number of rotatable bonds is 9. The Morgan fingerprint density at radius 1 is 1.00 bits per heavy atom. The lowest BCUT2D eigenvalue weighted by molar-refractivity contribution is -0.123. The number of carbonyl (C=O) groups excluding carboxylic acids is 1. The molecule has 0 aliphatic rings. The minimum atomic E-state index is -3.80. The van der Waals surface area contributed by atoms with E-state index in [0.29, 0.717) is 11.6 Å². The second-order valence-electron chi connectivity index (χ2n) is 7.04. The van der Waals surface area contributed by atoms with E-state index in [-0.39, 0.29) is 28.2 Å². The van der Waals surface area contributed by atoms with E-state index in [0.717, 1.165) is 11.1 Å². The molecule has 168 valence electrons. The van der Waals surface area contributed by atoms with Crippen molar-refractivity contribution in [2.75, 3.05) is 6.61 Å². The minimum Gasteiger partial charge on any atom is -0.482 e. The van der Waals surface area contributed by atoms with Crippen molar-refractivity contribution >= 4 is 39.1 Å². The molecule has 0 aromatic heterocycles. The average Bonchev–Trinajstić information content (AvgIpc) is 2.78. The average molecular weight is 493 g/mol. The summed E-state index contributed by atoms with van der Waals surface area (Å²) in [6.07, 6.45) is 0. The fourth-order valence-electron chi connectivity index (χ4n) is 2.87. The van der Waals surface area contributed by atoms with Crippen LogP contribution in [0.4, 0.5) is 0 Å². The van der Waals surface area contributed by atoms with Crippen LogP contribution in [-0.4, -0.2) is 20.9 Å². The Balaban J connectivity index is 1.57. The van der Waals surface area contributed by atoms with E-state index in [9.17, 15) is 13.2 Å². The number of sulfonamides is 1. The van der Waals surface area contributed by atoms with Crippen LogP contribution in [0.5, 0.6) is 5.75 Å². The number of hydrogen-bond acceptors (Lipinski definition) is 4. The standard InChI is InChI=1S/C23H22Cl2N2O4S/c1-16(18-5-3-2-4-6-18)27-32(29,30)20-11-12-22(21(25)13-20)31-15-23(28)26-14-17-7-9-19(24)10-8-17/h2-13,16,27H,14-15H2,1H3,(H,26,28)/t16-/m1/s1. The van der Waals surface area contributed by atoms with Gasteiger partial charge < -0.3 is 10.1 Å². The summed E-state index contributed by atoms with van der Waals surface area (Å²) in [6.45, 7) is 1.83. The molecule has 0 spiro atoms. The Labute approximate surface area is 197 Å². The molecule has 3 aromatic carbocycles. The Hall–Kier alpha value is -2.58. The fraction of sp³-hybridized carbons (Fsp3) is 0.174. The third-order valence-electron chi connectivity index (χ3n) is 4.61. The zero-order chi connectivity index (χ0) is 23.1. The number of ether oxygens (including phenoxy) is 1. The SMILES string of the molecule is C[C@@H](NS(=O)(=O)c1ccc(OCC(=O)NCc2ccc(Cl)cc2)c(Cl)c1)c1ccccc1. The minimum absolute atomic E-state index is 0.00446. The van der Waals surface area contributed by atoms with Crippen LogP contribution in [0.3, 0.4) is 0 Å². The molecule has 0 unspecified atom stereocenters. The Morgan fingerprint density at radius 3 is 2.34 bits per heavy atom. The summed E-state index contributed by atoms with van der Waals surface area (Å²) in [5.74, 6) is -0.130. The van der Waals surface area contributed by atoms with Crippen molar-refractivity contribution in [2.24, 2.45) is 0 Å². The van der Waals surface area contributed by atoms with Gasteiger partial charge in [0.2, 0.25) is 10.0 Å². The molecule has 1 amide bonds. The molecule has 0 saturated carbocycles. The molecular formula is C23H22Cl2N2O4S. The highest BCUT2D eigenvalue weighted by Crippen LogP contribution is 2.28. The van der Waals surface area contributed by atoms with E-state index in [1.54, 1.807) is 19.1 Å². The van der Waals surface area contributed by atoms with Gasteiger partial charge >= 0.3 is 0 Å². The van der Waals surface area contributed by atoms with Crippen LogP contribution < -0.4 is 14.8 Å². The summed E-state index contributed by atoms with van der Waals surface area (Å²) in [5, 5.41) is 3.43. The van der Waals surface area contributed by atoms with Gasteiger partial charge in [-0.15, -0.1) is 0 Å². The molecular weight excluding hydrogens is 471 g/mol. The first kappa shape index (κ1) is 24.1. The molecule has 3 rings (SSSR count). The molecule has 0 fully saturated rings. The van der Waals surface area contributed by atoms with Gasteiger partial charge in [-0.05, 0) is 48.4 Å². The molecule has 3 aromatic rings. The molecule has 0 aliphatic heterocycles. The maximum Gasteiger partial charge on any atom is 0.258 e. The van der Waals surface area contributed by atoms with Crippen LogP contribution in [0.1, 0.15) is 24.1 Å². The summed E-state index contributed by atoms with van der Waals surface area (Å²) in [7, 11) is -3.80. The molecule has 6 nitrogen and oxygen atoms in total. The molecule has 2 N–H and O–H groups in total. The van der Waals surface area contributed by atoms with E-state index < -0.39 is 16.1 Å². The van der Waals surface area contributed by atoms with Crippen LogP contribution in [0, 0.1) is 0 Å². The summed E-state index contributed by atoms with van der Waals surface area (Å²) in [5.41, 5.74) is 1.74. The molecule has 0 saturated heterocycles. The van der Waals surface area contributed by atoms with Crippen molar-refractivity contribution in [1.29, 1.82) is 0 Å². The van der Waals surface area contributed by atoms with Gasteiger partial charge in [0.25, 0.3) is 5.91 Å². The molecule has 0 radical (unpaired) electrons. The quantitative estimate of drug-likeness (QED) is 0.452. The molecule has 9 heteroatoms. The maximum atomic E-state index is 12.7. The lowest BCUT2D eigenvalue weighted by Gasteiger charge is -2.15. The fourth-order valence-corrected chi connectivity index (χ4v) is 4.56. The smallest absolute Gasteiger partial charge is 0.258 e. The van der Waals surface area contributed by atoms with Gasteiger partial charge in [-0.1, -0.05) is 65.7 Å². The predicted octanol–water partition coefficient (Wildman–Crippen LogP) is 4.73. The summed E-state index contributed by atoms with van der Waals surface area (Å²) >= 11 is 12.0. The van der Waals surface area contributed by atoms with E-state index in [4.69, 9.17) is 27.9 Å². The Kier molecular flexibility index (Phi) is 8.15. The summed E-state index contributed by atoms with van der Waals surface area (Å²) in [4.78, 5) is 12.0. The van der Waals surface area contributed by atoms with Crippen molar-refractivity contribution in [1.82, 2.24) is 10.0 Å². The third kappa shape index (κ3) is 6.71. The largest absolute Gasteiger partial charge is 0.482 e. The van der Waals surface area contributed by atoms with E-state index >= 15 is 0 Å². The maximum absolute atomic E-state index is 12.7. The third-order valence-corrected chi connectivity index (χ3v) is 6.69. The second kappa shape index (κ2) is 10.8. The number of carbonyl (C=O) groups is 1. The number of halogens is 2. The monoisotopic (exact) mass is 492 g/mol. The summed E-state index contributed by atoms with van der Waals surface area (Å²) < 4.78 is 33.5. The van der Waals surface area contributed by atoms with Crippen LogP contribution in [0.15, 0.2) is 77.7 Å². The first-order valence-corrected chi connectivity index (χ1v) is 12.0. The van der Waals surface area contributed by atoms with Crippen LogP contribution in [0.25, 0.3) is 0 Å². The Morgan fingerprint density at radius 2 is 1.69 bits per heavy atom. The van der Waals surface area contributed by atoms with Crippen LogP contribution >= 0.6 is 23.2 Å². The van der Waals surface area contributed by atoms with Crippen molar-refractivity contribution in [3.63, 3.8) is 0 Å². The van der Waals surface area contributed by atoms with Gasteiger partial charge in [0, 0.05) is 17.6 Å². The lowest BCUT2D eigenvalue weighted by atomic mass is 10.1. The summed E-state index contributed by atoms with van der Waals surface area (Å²) in [6, 6.07) is 20.0. The highest BCUT2D eigenvalue weighted by Gasteiger charge is 2.20. The predicted molar refractivity (Wildman–Crippen MR) is 125 cm³/mol. The molecule has 1 atom stereocenters. The second-order valence-corrected chi connectivity index (χ2v) is 9.60. The molecule has 0 aliphatic carbocycles. The topological polar surface area (TPSA) is 84.5 Å². The van der Waals surface area contributed by atoms with E-state index in [1.807, 2.05) is 42.5 Å². The van der Waals surface area contributed by atoms with Gasteiger partial charge in [-0.2, -0.15) is 0 Å². The number of hydrogen-bond donors (Lipinski definition) is 2. The molecule has 0 bridgehead atoms. The number of nitrogens with one attached hydrogen (secondary N) is 2. The number of benzene rings is 3.